The maximum atomic E-state index is 11.8. The minimum absolute atomic E-state index is 0.0603. The van der Waals surface area contributed by atoms with Gasteiger partial charge in [-0.3, -0.25) is 4.79 Å². The number of aryl methyl sites for hydroxylation is 2. The molecule has 1 atom stereocenters. The van der Waals surface area contributed by atoms with Crippen LogP contribution in [0.1, 0.15) is 42.0 Å². The van der Waals surface area contributed by atoms with Gasteiger partial charge in [0.1, 0.15) is 0 Å². The van der Waals surface area contributed by atoms with Crippen molar-refractivity contribution in [1.82, 2.24) is 10.6 Å². The summed E-state index contributed by atoms with van der Waals surface area (Å²) >= 11 is 0. The van der Waals surface area contributed by atoms with E-state index in [1.54, 1.807) is 0 Å². The lowest BCUT2D eigenvalue weighted by atomic mass is 10.1. The van der Waals surface area contributed by atoms with Crippen LogP contribution >= 0.6 is 0 Å². The minimum Gasteiger partial charge on any atom is -0.481 e. The SMILES string of the molecule is Cc1ccc2c(c1)CCC2NC(=O)NCCCC(=O)O. The molecule has 0 saturated heterocycles. The maximum absolute atomic E-state index is 11.8. The highest BCUT2D eigenvalue weighted by Crippen LogP contribution is 2.31. The Morgan fingerprint density at radius 2 is 2.20 bits per heavy atom. The molecule has 2 rings (SSSR count). The lowest BCUT2D eigenvalue weighted by molar-refractivity contribution is -0.137. The molecule has 5 heteroatoms. The number of hydrogen-bond acceptors (Lipinski definition) is 2. The molecule has 3 N–H and O–H groups in total. The highest BCUT2D eigenvalue weighted by atomic mass is 16.4. The summed E-state index contributed by atoms with van der Waals surface area (Å²) in [5.41, 5.74) is 3.74. The molecule has 1 aliphatic carbocycles. The molecule has 0 aromatic heterocycles. The predicted molar refractivity (Wildman–Crippen MR) is 75.6 cm³/mol. The second kappa shape index (κ2) is 6.41. The molecule has 0 bridgehead atoms. The summed E-state index contributed by atoms with van der Waals surface area (Å²) in [4.78, 5) is 22.1. The van der Waals surface area contributed by atoms with E-state index in [1.165, 1.54) is 16.7 Å². The molecule has 0 radical (unpaired) electrons. The number of nitrogens with one attached hydrogen (secondary N) is 2. The number of rotatable bonds is 5. The topological polar surface area (TPSA) is 78.4 Å². The van der Waals surface area contributed by atoms with Crippen LogP contribution < -0.4 is 10.6 Å². The van der Waals surface area contributed by atoms with Crippen molar-refractivity contribution in [3.05, 3.63) is 34.9 Å². The van der Waals surface area contributed by atoms with Gasteiger partial charge < -0.3 is 15.7 Å². The normalized spacial score (nSPS) is 16.6. The Morgan fingerprint density at radius 3 is 2.95 bits per heavy atom. The van der Waals surface area contributed by atoms with Crippen LogP contribution in [0.3, 0.4) is 0 Å². The van der Waals surface area contributed by atoms with Crippen LogP contribution in [0.15, 0.2) is 18.2 Å². The van der Waals surface area contributed by atoms with Crippen LogP contribution in [-0.4, -0.2) is 23.7 Å². The van der Waals surface area contributed by atoms with E-state index in [0.29, 0.717) is 13.0 Å². The number of carboxylic acid groups (broad SMARTS) is 1. The molecule has 108 valence electrons. The van der Waals surface area contributed by atoms with E-state index in [9.17, 15) is 9.59 Å². The Labute approximate surface area is 118 Å². The number of benzene rings is 1. The van der Waals surface area contributed by atoms with Gasteiger partial charge in [0.05, 0.1) is 6.04 Å². The fourth-order valence-corrected chi connectivity index (χ4v) is 2.55. The van der Waals surface area contributed by atoms with Gasteiger partial charge in [-0.2, -0.15) is 0 Å². The molecule has 0 aliphatic heterocycles. The van der Waals surface area contributed by atoms with Crippen LogP contribution in [0.5, 0.6) is 0 Å². The number of urea groups is 1. The van der Waals surface area contributed by atoms with E-state index in [2.05, 4.69) is 35.8 Å². The van der Waals surface area contributed by atoms with Gasteiger partial charge in [-0.15, -0.1) is 0 Å². The molecule has 0 saturated carbocycles. The molecule has 0 heterocycles. The van der Waals surface area contributed by atoms with Gasteiger partial charge >= 0.3 is 12.0 Å². The average Bonchev–Trinajstić information content (AvgIpc) is 2.77. The molecule has 5 nitrogen and oxygen atoms in total. The van der Waals surface area contributed by atoms with Gasteiger partial charge in [0.25, 0.3) is 0 Å². The van der Waals surface area contributed by atoms with Crippen LogP contribution in [-0.2, 0) is 11.2 Å². The van der Waals surface area contributed by atoms with Gasteiger partial charge in [-0.05, 0) is 37.3 Å². The van der Waals surface area contributed by atoms with Crippen LogP contribution in [0.25, 0.3) is 0 Å². The number of aliphatic carboxylic acids is 1. The van der Waals surface area contributed by atoms with E-state index >= 15 is 0 Å². The summed E-state index contributed by atoms with van der Waals surface area (Å²) in [5, 5.41) is 14.2. The quantitative estimate of drug-likeness (QED) is 0.721. The van der Waals surface area contributed by atoms with Crippen LogP contribution in [0, 0.1) is 6.92 Å². The molecule has 1 unspecified atom stereocenters. The highest BCUT2D eigenvalue weighted by molar-refractivity contribution is 5.74. The highest BCUT2D eigenvalue weighted by Gasteiger charge is 2.23. The minimum atomic E-state index is -0.840. The summed E-state index contributed by atoms with van der Waals surface area (Å²) < 4.78 is 0. The molecule has 0 spiro atoms. The van der Waals surface area contributed by atoms with E-state index in [1.807, 2.05) is 0 Å². The fraction of sp³-hybridized carbons (Fsp3) is 0.467. The standard InChI is InChI=1S/C15H20N2O3/c1-10-4-6-12-11(9-10)5-7-13(12)17-15(20)16-8-2-3-14(18)19/h4,6,9,13H,2-3,5,7-8H2,1H3,(H,18,19)(H2,16,17,20). The van der Waals surface area contributed by atoms with E-state index < -0.39 is 5.97 Å². The Morgan fingerprint density at radius 1 is 1.40 bits per heavy atom. The predicted octanol–water partition coefficient (Wildman–Crippen LogP) is 2.15. The first kappa shape index (κ1) is 14.4. The van der Waals surface area contributed by atoms with Crippen molar-refractivity contribution in [2.24, 2.45) is 0 Å². The monoisotopic (exact) mass is 276 g/mol. The first-order valence-corrected chi connectivity index (χ1v) is 6.92. The molecule has 1 aliphatic rings. The molecule has 1 aromatic rings. The van der Waals surface area contributed by atoms with E-state index in [-0.39, 0.29) is 18.5 Å². The third kappa shape index (κ3) is 3.73. The first-order valence-electron chi connectivity index (χ1n) is 6.92. The first-order chi connectivity index (χ1) is 9.56. The summed E-state index contributed by atoms with van der Waals surface area (Å²) in [6.07, 6.45) is 2.43. The second-order valence-corrected chi connectivity index (χ2v) is 5.19. The van der Waals surface area contributed by atoms with Gasteiger partial charge in [-0.25, -0.2) is 4.79 Å². The summed E-state index contributed by atoms with van der Waals surface area (Å²) in [6, 6.07) is 6.14. The number of carboxylic acids is 1. The molecule has 2 amide bonds. The summed E-state index contributed by atoms with van der Waals surface area (Å²) in [6.45, 7) is 2.45. The Kier molecular flexibility index (Phi) is 4.61. The van der Waals surface area contributed by atoms with Gasteiger partial charge in [0.15, 0.2) is 0 Å². The number of amides is 2. The Bertz CT molecular complexity index is 514. The second-order valence-electron chi connectivity index (χ2n) is 5.19. The molecule has 1 aromatic carbocycles. The Balaban J connectivity index is 1.80. The third-order valence-corrected chi connectivity index (χ3v) is 3.53. The summed E-state index contributed by atoms with van der Waals surface area (Å²) in [7, 11) is 0. The molecule has 0 fully saturated rings. The number of carbonyl (C=O) groups excluding carboxylic acids is 1. The van der Waals surface area contributed by atoms with Crippen molar-refractivity contribution < 1.29 is 14.7 Å². The molecule has 20 heavy (non-hydrogen) atoms. The van der Waals surface area contributed by atoms with E-state index in [4.69, 9.17) is 5.11 Å². The van der Waals surface area contributed by atoms with Gasteiger partial charge in [0.2, 0.25) is 0 Å². The Hall–Kier alpha value is -2.04. The zero-order valence-corrected chi connectivity index (χ0v) is 11.6. The average molecular weight is 276 g/mol. The van der Waals surface area contributed by atoms with Gasteiger partial charge in [0, 0.05) is 13.0 Å². The largest absolute Gasteiger partial charge is 0.481 e. The van der Waals surface area contributed by atoms with Crippen molar-refractivity contribution in [3.63, 3.8) is 0 Å². The van der Waals surface area contributed by atoms with Crippen LogP contribution in [0.2, 0.25) is 0 Å². The summed E-state index contributed by atoms with van der Waals surface area (Å²) in [5.74, 6) is -0.840. The van der Waals surface area contributed by atoms with Crippen molar-refractivity contribution in [2.45, 2.75) is 38.6 Å². The zero-order valence-electron chi connectivity index (χ0n) is 11.6. The number of hydrogen-bond donors (Lipinski definition) is 3. The third-order valence-electron chi connectivity index (χ3n) is 3.53. The molecular weight excluding hydrogens is 256 g/mol. The van der Waals surface area contributed by atoms with Crippen molar-refractivity contribution in [1.29, 1.82) is 0 Å². The van der Waals surface area contributed by atoms with E-state index in [0.717, 1.165) is 12.8 Å². The number of fused-ring (bicyclic) bond motifs is 1. The zero-order chi connectivity index (χ0) is 14.5. The molecular formula is C15H20N2O3. The smallest absolute Gasteiger partial charge is 0.315 e. The number of carbonyl (C=O) groups is 2. The van der Waals surface area contributed by atoms with Gasteiger partial charge in [-0.1, -0.05) is 23.8 Å². The van der Waals surface area contributed by atoms with Crippen molar-refractivity contribution >= 4 is 12.0 Å². The lowest BCUT2D eigenvalue weighted by Gasteiger charge is -2.15. The van der Waals surface area contributed by atoms with Crippen molar-refractivity contribution in [2.75, 3.05) is 6.54 Å². The lowest BCUT2D eigenvalue weighted by Crippen LogP contribution is -2.37. The maximum Gasteiger partial charge on any atom is 0.315 e. The van der Waals surface area contributed by atoms with Crippen molar-refractivity contribution in [3.8, 4) is 0 Å². The fourth-order valence-electron chi connectivity index (χ4n) is 2.55. The van der Waals surface area contributed by atoms with Crippen LogP contribution in [0.4, 0.5) is 4.79 Å².